The molecular weight excluding hydrogens is 273 g/mol. The zero-order chi connectivity index (χ0) is 12.0. The van der Waals surface area contributed by atoms with E-state index in [0.717, 1.165) is 6.42 Å². The van der Waals surface area contributed by atoms with Crippen molar-refractivity contribution in [2.24, 2.45) is 0 Å². The van der Waals surface area contributed by atoms with Gasteiger partial charge in [0.15, 0.2) is 0 Å². The first-order valence-corrected chi connectivity index (χ1v) is 5.61. The Hall–Kier alpha value is -1.34. The fourth-order valence-electron chi connectivity index (χ4n) is 1.16. The molecule has 1 aromatic rings. The largest absolute Gasteiger partial charge is 0.352 e. The quantitative estimate of drug-likeness (QED) is 0.668. The SMILES string of the molecule is C#CCCCNC(=O)c1cc(F)ccc1Br. The van der Waals surface area contributed by atoms with Crippen molar-refractivity contribution in [1.82, 2.24) is 5.32 Å². The Balaban J connectivity index is 2.59. The van der Waals surface area contributed by atoms with Crippen LogP contribution in [0.5, 0.6) is 0 Å². The molecule has 1 aromatic carbocycles. The maximum Gasteiger partial charge on any atom is 0.252 e. The lowest BCUT2D eigenvalue weighted by atomic mass is 10.2. The molecule has 0 unspecified atom stereocenters. The summed E-state index contributed by atoms with van der Waals surface area (Å²) in [5.41, 5.74) is 0.292. The summed E-state index contributed by atoms with van der Waals surface area (Å²) in [5.74, 6) is 1.75. The van der Waals surface area contributed by atoms with Crippen molar-refractivity contribution in [3.63, 3.8) is 0 Å². The summed E-state index contributed by atoms with van der Waals surface area (Å²) in [7, 11) is 0. The molecule has 0 bridgehead atoms. The van der Waals surface area contributed by atoms with Crippen LogP contribution >= 0.6 is 15.9 Å². The van der Waals surface area contributed by atoms with Gasteiger partial charge in [-0.3, -0.25) is 4.79 Å². The summed E-state index contributed by atoms with van der Waals surface area (Å²) in [4.78, 5) is 11.6. The van der Waals surface area contributed by atoms with Crippen molar-refractivity contribution in [1.29, 1.82) is 0 Å². The summed E-state index contributed by atoms with van der Waals surface area (Å²) >= 11 is 3.19. The van der Waals surface area contributed by atoms with Gasteiger partial charge < -0.3 is 5.32 Å². The van der Waals surface area contributed by atoms with E-state index in [1.54, 1.807) is 0 Å². The van der Waals surface area contributed by atoms with Gasteiger partial charge in [-0.25, -0.2) is 4.39 Å². The lowest BCUT2D eigenvalue weighted by Crippen LogP contribution is -2.24. The third-order valence-electron chi connectivity index (χ3n) is 1.96. The standard InChI is InChI=1S/C12H11BrFNO/c1-2-3-4-7-15-12(16)10-8-9(14)5-6-11(10)13/h1,5-6,8H,3-4,7H2,(H,15,16). The molecule has 4 heteroatoms. The summed E-state index contributed by atoms with van der Waals surface area (Å²) in [6, 6.07) is 3.99. The Morgan fingerprint density at radius 3 is 3.00 bits per heavy atom. The van der Waals surface area contributed by atoms with Crippen LogP contribution in [0.1, 0.15) is 23.2 Å². The maximum atomic E-state index is 12.9. The third kappa shape index (κ3) is 3.67. The maximum absolute atomic E-state index is 12.9. The van der Waals surface area contributed by atoms with E-state index < -0.39 is 5.82 Å². The second-order valence-electron chi connectivity index (χ2n) is 3.19. The minimum atomic E-state index is -0.433. The van der Waals surface area contributed by atoms with Crippen molar-refractivity contribution in [3.05, 3.63) is 34.1 Å². The van der Waals surface area contributed by atoms with Gasteiger partial charge in [0, 0.05) is 17.4 Å². The topological polar surface area (TPSA) is 29.1 Å². The molecule has 16 heavy (non-hydrogen) atoms. The number of terminal acetylenes is 1. The number of halogens is 2. The Morgan fingerprint density at radius 2 is 2.31 bits per heavy atom. The first kappa shape index (κ1) is 12.7. The molecule has 2 nitrogen and oxygen atoms in total. The second-order valence-corrected chi connectivity index (χ2v) is 4.04. The molecule has 1 rings (SSSR count). The van der Waals surface area contributed by atoms with Gasteiger partial charge in [-0.1, -0.05) is 0 Å². The smallest absolute Gasteiger partial charge is 0.252 e. The number of benzene rings is 1. The zero-order valence-electron chi connectivity index (χ0n) is 8.59. The number of rotatable bonds is 4. The highest BCUT2D eigenvalue weighted by Crippen LogP contribution is 2.17. The van der Waals surface area contributed by atoms with Gasteiger partial charge in [0.05, 0.1) is 5.56 Å². The molecule has 0 aliphatic heterocycles. The average Bonchev–Trinajstić information content (AvgIpc) is 2.27. The van der Waals surface area contributed by atoms with Gasteiger partial charge in [0.2, 0.25) is 0 Å². The highest BCUT2D eigenvalue weighted by atomic mass is 79.9. The van der Waals surface area contributed by atoms with Crippen molar-refractivity contribution in [2.45, 2.75) is 12.8 Å². The minimum absolute atomic E-state index is 0.292. The summed E-state index contributed by atoms with van der Waals surface area (Å²) in [6.45, 7) is 0.492. The lowest BCUT2D eigenvalue weighted by Gasteiger charge is -2.05. The van der Waals surface area contributed by atoms with E-state index in [-0.39, 0.29) is 5.91 Å². The zero-order valence-corrected chi connectivity index (χ0v) is 10.2. The van der Waals surface area contributed by atoms with Crippen LogP contribution in [0, 0.1) is 18.2 Å². The molecular formula is C12H11BrFNO. The Bertz CT molecular complexity index is 426. The van der Waals surface area contributed by atoms with Crippen molar-refractivity contribution >= 4 is 21.8 Å². The molecule has 84 valence electrons. The molecule has 0 heterocycles. The van der Waals surface area contributed by atoms with Crippen molar-refractivity contribution in [3.8, 4) is 12.3 Å². The number of hydrogen-bond acceptors (Lipinski definition) is 1. The number of carbonyl (C=O) groups excluding carboxylic acids is 1. The third-order valence-corrected chi connectivity index (χ3v) is 2.65. The molecule has 0 atom stereocenters. The van der Waals surface area contributed by atoms with Crippen LogP contribution in [0.15, 0.2) is 22.7 Å². The van der Waals surface area contributed by atoms with Crippen LogP contribution in [0.4, 0.5) is 4.39 Å². The predicted octanol–water partition coefficient (Wildman–Crippen LogP) is 2.73. The average molecular weight is 284 g/mol. The van der Waals surface area contributed by atoms with Crippen LogP contribution in [0.2, 0.25) is 0 Å². The van der Waals surface area contributed by atoms with Gasteiger partial charge in [0.25, 0.3) is 5.91 Å². The molecule has 0 aromatic heterocycles. The Morgan fingerprint density at radius 1 is 1.56 bits per heavy atom. The number of unbranched alkanes of at least 4 members (excludes halogenated alkanes) is 1. The molecule has 0 fully saturated rings. The fraction of sp³-hybridized carbons (Fsp3) is 0.250. The van der Waals surface area contributed by atoms with Gasteiger partial charge >= 0.3 is 0 Å². The highest BCUT2D eigenvalue weighted by molar-refractivity contribution is 9.10. The minimum Gasteiger partial charge on any atom is -0.352 e. The monoisotopic (exact) mass is 283 g/mol. The number of carbonyl (C=O) groups is 1. The highest BCUT2D eigenvalue weighted by Gasteiger charge is 2.10. The fourth-order valence-corrected chi connectivity index (χ4v) is 1.59. The first-order chi connectivity index (χ1) is 7.65. The summed E-state index contributed by atoms with van der Waals surface area (Å²) in [6.07, 6.45) is 6.41. The first-order valence-electron chi connectivity index (χ1n) is 4.82. The van der Waals surface area contributed by atoms with Gasteiger partial charge in [-0.05, 0) is 40.5 Å². The molecule has 0 saturated heterocycles. The van der Waals surface area contributed by atoms with Crippen molar-refractivity contribution in [2.75, 3.05) is 6.54 Å². The van der Waals surface area contributed by atoms with Crippen LogP contribution in [0.25, 0.3) is 0 Å². The Kier molecular flexibility index (Phi) is 5.00. The molecule has 1 amide bonds. The predicted molar refractivity (Wildman–Crippen MR) is 64.5 cm³/mol. The van der Waals surface area contributed by atoms with Gasteiger partial charge in [0.1, 0.15) is 5.82 Å². The van der Waals surface area contributed by atoms with Gasteiger partial charge in [-0.15, -0.1) is 12.3 Å². The van der Waals surface area contributed by atoms with E-state index in [1.807, 2.05) is 0 Å². The van der Waals surface area contributed by atoms with Crippen molar-refractivity contribution < 1.29 is 9.18 Å². The van der Waals surface area contributed by atoms with E-state index in [1.165, 1.54) is 18.2 Å². The summed E-state index contributed by atoms with van der Waals surface area (Å²) < 4.78 is 13.5. The lowest BCUT2D eigenvalue weighted by molar-refractivity contribution is 0.0952. The van der Waals surface area contributed by atoms with E-state index in [2.05, 4.69) is 27.2 Å². The number of amides is 1. The summed E-state index contributed by atoms with van der Waals surface area (Å²) in [5, 5.41) is 2.67. The normalized spacial score (nSPS) is 9.56. The van der Waals surface area contributed by atoms with Crippen LogP contribution in [0.3, 0.4) is 0 Å². The molecule has 0 radical (unpaired) electrons. The van der Waals surface area contributed by atoms with Gasteiger partial charge in [-0.2, -0.15) is 0 Å². The van der Waals surface area contributed by atoms with E-state index in [0.29, 0.717) is 23.0 Å². The molecule has 0 aliphatic carbocycles. The van der Waals surface area contributed by atoms with E-state index in [9.17, 15) is 9.18 Å². The molecule has 0 spiro atoms. The Labute approximate surface area is 102 Å². The van der Waals surface area contributed by atoms with Crippen LogP contribution in [-0.2, 0) is 0 Å². The van der Waals surface area contributed by atoms with Crippen LogP contribution in [-0.4, -0.2) is 12.5 Å². The molecule has 0 aliphatic rings. The van der Waals surface area contributed by atoms with E-state index >= 15 is 0 Å². The number of hydrogen-bond donors (Lipinski definition) is 1. The molecule has 1 N–H and O–H groups in total. The van der Waals surface area contributed by atoms with Crippen LogP contribution < -0.4 is 5.32 Å². The van der Waals surface area contributed by atoms with E-state index in [4.69, 9.17) is 6.42 Å². The number of nitrogens with one attached hydrogen (secondary N) is 1. The second kappa shape index (κ2) is 6.29. The molecule has 0 saturated carbocycles.